The molecule has 100 valence electrons. The molecular formula is C11H11F3INO2. The minimum Gasteiger partial charge on any atom is -0.497 e. The first kappa shape index (κ1) is 15.1. The molecule has 0 aliphatic heterocycles. The molecular weight excluding hydrogens is 362 g/mol. The van der Waals surface area contributed by atoms with Crippen LogP contribution in [0.5, 0.6) is 5.75 Å². The Labute approximate surface area is 116 Å². The molecule has 0 heterocycles. The SMILES string of the molecule is COc1cccc(C(CI)NC(=O)C(F)(F)F)c1. The first-order valence-electron chi connectivity index (χ1n) is 4.96. The van der Waals surface area contributed by atoms with Crippen LogP contribution in [0.3, 0.4) is 0 Å². The van der Waals surface area contributed by atoms with Crippen molar-refractivity contribution in [3.63, 3.8) is 0 Å². The molecule has 1 aromatic rings. The van der Waals surface area contributed by atoms with E-state index in [0.717, 1.165) is 0 Å². The number of methoxy groups -OCH3 is 1. The van der Waals surface area contributed by atoms with Crippen molar-refractivity contribution in [1.82, 2.24) is 5.32 Å². The molecule has 7 heteroatoms. The Morgan fingerprint density at radius 1 is 1.50 bits per heavy atom. The van der Waals surface area contributed by atoms with Crippen molar-refractivity contribution in [2.75, 3.05) is 11.5 Å². The van der Waals surface area contributed by atoms with Crippen LogP contribution in [-0.4, -0.2) is 23.6 Å². The standard InChI is InChI=1S/C11H11F3INO2/c1-18-8-4-2-3-7(5-8)9(6-15)16-10(17)11(12,13)14/h2-5,9H,6H2,1H3,(H,16,17). The highest BCUT2D eigenvalue weighted by Crippen LogP contribution is 2.23. The molecule has 0 saturated heterocycles. The van der Waals surface area contributed by atoms with Crippen molar-refractivity contribution in [2.24, 2.45) is 0 Å². The van der Waals surface area contributed by atoms with Gasteiger partial charge in [-0.15, -0.1) is 0 Å². The molecule has 0 radical (unpaired) electrons. The lowest BCUT2D eigenvalue weighted by Gasteiger charge is -2.18. The van der Waals surface area contributed by atoms with Crippen LogP contribution in [-0.2, 0) is 4.79 Å². The van der Waals surface area contributed by atoms with Gasteiger partial charge < -0.3 is 10.1 Å². The van der Waals surface area contributed by atoms with Gasteiger partial charge >= 0.3 is 12.1 Å². The summed E-state index contributed by atoms with van der Waals surface area (Å²) in [6.07, 6.45) is -4.87. The van der Waals surface area contributed by atoms with Crippen molar-refractivity contribution >= 4 is 28.5 Å². The number of ether oxygens (including phenoxy) is 1. The Kier molecular flexibility index (Phi) is 5.24. The lowest BCUT2D eigenvalue weighted by molar-refractivity contribution is -0.174. The van der Waals surface area contributed by atoms with Crippen LogP contribution in [0.2, 0.25) is 0 Å². The van der Waals surface area contributed by atoms with Gasteiger partial charge in [0, 0.05) is 4.43 Å². The van der Waals surface area contributed by atoms with E-state index in [2.05, 4.69) is 0 Å². The summed E-state index contributed by atoms with van der Waals surface area (Å²) in [5, 5.41) is 1.95. The summed E-state index contributed by atoms with van der Waals surface area (Å²) in [6, 6.07) is 5.88. The summed E-state index contributed by atoms with van der Waals surface area (Å²) in [7, 11) is 1.46. The number of halogens is 4. The van der Waals surface area contributed by atoms with Crippen molar-refractivity contribution < 1.29 is 22.7 Å². The Bertz CT molecular complexity index is 423. The molecule has 18 heavy (non-hydrogen) atoms. The van der Waals surface area contributed by atoms with E-state index in [1.165, 1.54) is 7.11 Å². The topological polar surface area (TPSA) is 38.3 Å². The Balaban J connectivity index is 2.86. The van der Waals surface area contributed by atoms with Gasteiger partial charge in [0.1, 0.15) is 5.75 Å². The van der Waals surface area contributed by atoms with Gasteiger partial charge in [-0.1, -0.05) is 34.7 Å². The number of benzene rings is 1. The largest absolute Gasteiger partial charge is 0.497 e. The van der Waals surface area contributed by atoms with Crippen LogP contribution in [0.25, 0.3) is 0 Å². The van der Waals surface area contributed by atoms with Crippen molar-refractivity contribution in [3.05, 3.63) is 29.8 Å². The first-order chi connectivity index (χ1) is 8.38. The van der Waals surface area contributed by atoms with Gasteiger partial charge in [-0.2, -0.15) is 13.2 Å². The molecule has 0 aliphatic carbocycles. The van der Waals surface area contributed by atoms with Gasteiger partial charge in [-0.3, -0.25) is 4.79 Å². The molecule has 0 bridgehead atoms. The van der Waals surface area contributed by atoms with Crippen molar-refractivity contribution in [1.29, 1.82) is 0 Å². The van der Waals surface area contributed by atoms with Crippen molar-refractivity contribution in [3.8, 4) is 5.75 Å². The number of alkyl halides is 4. The number of amides is 1. The van der Waals surface area contributed by atoms with Gasteiger partial charge in [-0.25, -0.2) is 0 Å². The number of carbonyl (C=O) groups excluding carboxylic acids is 1. The lowest BCUT2D eigenvalue weighted by Crippen LogP contribution is -2.39. The highest BCUT2D eigenvalue weighted by Gasteiger charge is 2.39. The third kappa shape index (κ3) is 4.04. The minimum absolute atomic E-state index is 0.326. The molecule has 1 aromatic carbocycles. The molecule has 0 spiro atoms. The number of carbonyl (C=O) groups is 1. The Morgan fingerprint density at radius 3 is 2.67 bits per heavy atom. The number of hydrogen-bond acceptors (Lipinski definition) is 2. The predicted octanol–water partition coefficient (Wildman–Crippen LogP) is 2.85. The normalized spacial score (nSPS) is 12.9. The molecule has 0 aliphatic rings. The van der Waals surface area contributed by atoms with Gasteiger partial charge in [0.2, 0.25) is 0 Å². The second kappa shape index (κ2) is 6.26. The molecule has 1 unspecified atom stereocenters. The van der Waals surface area contributed by atoms with Gasteiger partial charge in [-0.05, 0) is 17.7 Å². The maximum atomic E-state index is 12.2. The molecule has 1 atom stereocenters. The summed E-state index contributed by atoms with van der Waals surface area (Å²) in [5.74, 6) is -1.41. The van der Waals surface area contributed by atoms with Crippen LogP contribution in [0.15, 0.2) is 24.3 Å². The van der Waals surface area contributed by atoms with E-state index in [4.69, 9.17) is 4.74 Å². The average Bonchev–Trinajstić information content (AvgIpc) is 2.34. The van der Waals surface area contributed by atoms with Gasteiger partial charge in [0.05, 0.1) is 13.2 Å². The number of hydrogen-bond donors (Lipinski definition) is 1. The summed E-state index contributed by atoms with van der Waals surface area (Å²) in [5.41, 5.74) is 0.571. The second-order valence-electron chi connectivity index (χ2n) is 3.45. The minimum atomic E-state index is -4.87. The zero-order chi connectivity index (χ0) is 13.8. The molecule has 0 fully saturated rings. The summed E-state index contributed by atoms with van der Waals surface area (Å²) in [4.78, 5) is 10.9. The fourth-order valence-electron chi connectivity index (χ4n) is 1.31. The third-order valence-corrected chi connectivity index (χ3v) is 3.09. The van der Waals surface area contributed by atoms with Gasteiger partial charge in [0.25, 0.3) is 0 Å². The highest BCUT2D eigenvalue weighted by atomic mass is 127. The van der Waals surface area contributed by atoms with E-state index in [0.29, 0.717) is 15.7 Å². The molecule has 0 saturated carbocycles. The van der Waals surface area contributed by atoms with E-state index >= 15 is 0 Å². The summed E-state index contributed by atoms with van der Waals surface area (Å²) in [6.45, 7) is 0. The molecule has 0 aromatic heterocycles. The Hall–Kier alpha value is -0.990. The quantitative estimate of drug-likeness (QED) is 0.651. The van der Waals surface area contributed by atoms with E-state index in [1.807, 2.05) is 27.9 Å². The summed E-state index contributed by atoms with van der Waals surface area (Å²) < 4.78 is 41.8. The van der Waals surface area contributed by atoms with Crippen LogP contribution >= 0.6 is 22.6 Å². The first-order valence-corrected chi connectivity index (χ1v) is 6.48. The van der Waals surface area contributed by atoms with Crippen LogP contribution in [0, 0.1) is 0 Å². The smallest absolute Gasteiger partial charge is 0.471 e. The molecule has 1 N–H and O–H groups in total. The molecule has 1 rings (SSSR count). The predicted molar refractivity (Wildman–Crippen MR) is 68.8 cm³/mol. The monoisotopic (exact) mass is 373 g/mol. The lowest BCUT2D eigenvalue weighted by atomic mass is 10.1. The maximum absolute atomic E-state index is 12.2. The van der Waals surface area contributed by atoms with Crippen LogP contribution in [0.4, 0.5) is 13.2 Å². The zero-order valence-corrected chi connectivity index (χ0v) is 11.6. The fraction of sp³-hybridized carbons (Fsp3) is 0.364. The molecule has 3 nitrogen and oxygen atoms in total. The summed E-state index contributed by atoms with van der Waals surface area (Å²) >= 11 is 1.92. The van der Waals surface area contributed by atoms with E-state index < -0.39 is 18.1 Å². The zero-order valence-electron chi connectivity index (χ0n) is 9.42. The number of rotatable bonds is 4. The average molecular weight is 373 g/mol. The van der Waals surface area contributed by atoms with E-state index in [9.17, 15) is 18.0 Å². The van der Waals surface area contributed by atoms with Crippen LogP contribution < -0.4 is 10.1 Å². The van der Waals surface area contributed by atoms with Crippen LogP contribution in [0.1, 0.15) is 11.6 Å². The second-order valence-corrected chi connectivity index (χ2v) is 4.34. The number of nitrogens with one attached hydrogen (secondary N) is 1. The maximum Gasteiger partial charge on any atom is 0.471 e. The molecule has 1 amide bonds. The third-order valence-electron chi connectivity index (χ3n) is 2.21. The fourth-order valence-corrected chi connectivity index (χ4v) is 2.04. The Morgan fingerprint density at radius 2 is 2.17 bits per heavy atom. The highest BCUT2D eigenvalue weighted by molar-refractivity contribution is 14.1. The van der Waals surface area contributed by atoms with Crippen molar-refractivity contribution in [2.45, 2.75) is 12.2 Å². The van der Waals surface area contributed by atoms with Gasteiger partial charge in [0.15, 0.2) is 0 Å². The van der Waals surface area contributed by atoms with E-state index in [1.54, 1.807) is 24.3 Å². The van der Waals surface area contributed by atoms with E-state index in [-0.39, 0.29) is 0 Å².